The maximum absolute atomic E-state index is 12.3. The van der Waals surface area contributed by atoms with Gasteiger partial charge in [0.2, 0.25) is 6.41 Å². The first-order valence-electron chi connectivity index (χ1n) is 6.28. The van der Waals surface area contributed by atoms with Gasteiger partial charge in [0.25, 0.3) is 15.9 Å². The molecule has 2 amide bonds. The van der Waals surface area contributed by atoms with E-state index in [1.165, 1.54) is 6.07 Å². The number of hydrogen-bond acceptors (Lipinski definition) is 5. The highest BCUT2D eigenvalue weighted by Crippen LogP contribution is 2.68. The molecule has 0 radical (unpaired) electrons. The lowest BCUT2D eigenvalue weighted by atomic mass is 9.77. The van der Waals surface area contributed by atoms with Crippen LogP contribution in [0.3, 0.4) is 0 Å². The monoisotopic (exact) mass is 314 g/mol. The lowest BCUT2D eigenvalue weighted by Gasteiger charge is -2.31. The van der Waals surface area contributed by atoms with Crippen molar-refractivity contribution >= 4 is 33.7 Å². The lowest BCUT2D eigenvalue weighted by Crippen LogP contribution is -2.52. The maximum atomic E-state index is 12.3. The number of rotatable bonds is 5. The second-order valence-electron chi connectivity index (χ2n) is 5.34. The third-order valence-electron chi connectivity index (χ3n) is 4.37. The Kier molecular flexibility index (Phi) is 2.91. The zero-order valence-corrected chi connectivity index (χ0v) is 12.2. The molecule has 2 aliphatic rings. The molecule has 8 heteroatoms. The first kappa shape index (κ1) is 13.6. The Balaban J connectivity index is 1.81. The second-order valence-corrected chi connectivity index (χ2v) is 8.20. The predicted molar refractivity (Wildman–Crippen MR) is 72.5 cm³/mol. The van der Waals surface area contributed by atoms with Crippen molar-refractivity contribution in [2.24, 2.45) is 5.41 Å². The molecule has 1 aromatic heterocycles. The van der Waals surface area contributed by atoms with Gasteiger partial charge in [-0.3, -0.25) is 9.59 Å². The van der Waals surface area contributed by atoms with Gasteiger partial charge in [0.05, 0.1) is 0 Å². The Morgan fingerprint density at radius 2 is 2.15 bits per heavy atom. The van der Waals surface area contributed by atoms with Gasteiger partial charge in [-0.15, -0.1) is 11.3 Å². The molecule has 6 nitrogen and oxygen atoms in total. The number of nitrogens with one attached hydrogen (secondary N) is 2. The van der Waals surface area contributed by atoms with Crippen LogP contribution in [0.2, 0.25) is 0 Å². The Morgan fingerprint density at radius 3 is 2.60 bits per heavy atom. The summed E-state index contributed by atoms with van der Waals surface area (Å²) in [4.78, 5) is 23.1. The molecule has 108 valence electrons. The van der Waals surface area contributed by atoms with Crippen LogP contribution in [0.15, 0.2) is 21.7 Å². The summed E-state index contributed by atoms with van der Waals surface area (Å²) in [5.41, 5.74) is -1.28. The number of thiophene rings is 1. The molecule has 0 saturated heterocycles. The molecule has 1 heterocycles. The second kappa shape index (κ2) is 4.29. The fourth-order valence-corrected chi connectivity index (χ4v) is 5.06. The Morgan fingerprint density at radius 1 is 1.40 bits per heavy atom. The van der Waals surface area contributed by atoms with E-state index in [0.717, 1.165) is 30.6 Å². The number of sulfonamides is 1. The summed E-state index contributed by atoms with van der Waals surface area (Å²) >= 11 is 1.04. The standard InChI is InChI=1S/C12H14N2O4S2/c15-8-13-12(7-11(12)4-2-5-11)10(16)14-20(17,18)9-3-1-6-19-9/h1,3,6,8H,2,4-5,7H2,(H,13,15)(H,14,16). The van der Waals surface area contributed by atoms with Crippen molar-refractivity contribution in [1.29, 1.82) is 0 Å². The van der Waals surface area contributed by atoms with Crippen molar-refractivity contribution < 1.29 is 18.0 Å². The molecule has 1 atom stereocenters. The van der Waals surface area contributed by atoms with Crippen LogP contribution in [-0.4, -0.2) is 26.3 Å². The summed E-state index contributed by atoms with van der Waals surface area (Å²) in [6.45, 7) is 0. The molecule has 0 bridgehead atoms. The van der Waals surface area contributed by atoms with Crippen molar-refractivity contribution in [2.45, 2.75) is 35.4 Å². The van der Waals surface area contributed by atoms with E-state index in [9.17, 15) is 18.0 Å². The summed E-state index contributed by atoms with van der Waals surface area (Å²) in [7, 11) is -3.85. The quantitative estimate of drug-likeness (QED) is 0.779. The largest absolute Gasteiger partial charge is 0.344 e. The molecular formula is C12H14N2O4S2. The average Bonchev–Trinajstić information content (AvgIpc) is 2.77. The molecular weight excluding hydrogens is 300 g/mol. The van der Waals surface area contributed by atoms with E-state index in [2.05, 4.69) is 10.0 Å². The van der Waals surface area contributed by atoms with Gasteiger partial charge in [0, 0.05) is 5.41 Å². The third kappa shape index (κ3) is 1.78. The highest BCUT2D eigenvalue weighted by Gasteiger charge is 2.74. The lowest BCUT2D eigenvalue weighted by molar-refractivity contribution is -0.126. The molecule has 0 aliphatic heterocycles. The minimum Gasteiger partial charge on any atom is -0.344 e. The van der Waals surface area contributed by atoms with Gasteiger partial charge in [-0.2, -0.15) is 0 Å². The zero-order chi connectivity index (χ0) is 14.4. The molecule has 2 fully saturated rings. The fourth-order valence-electron chi connectivity index (χ4n) is 3.04. The molecule has 1 unspecified atom stereocenters. The summed E-state index contributed by atoms with van der Waals surface area (Å²) in [5.74, 6) is -0.627. The van der Waals surface area contributed by atoms with E-state index in [1.54, 1.807) is 11.4 Å². The van der Waals surface area contributed by atoms with Crippen LogP contribution in [-0.2, 0) is 19.6 Å². The van der Waals surface area contributed by atoms with Gasteiger partial charge in [-0.05, 0) is 30.7 Å². The van der Waals surface area contributed by atoms with Crippen LogP contribution < -0.4 is 10.0 Å². The van der Waals surface area contributed by atoms with E-state index < -0.39 is 21.5 Å². The molecule has 20 heavy (non-hydrogen) atoms. The van der Waals surface area contributed by atoms with Gasteiger partial charge in [-0.25, -0.2) is 13.1 Å². The van der Waals surface area contributed by atoms with Gasteiger partial charge in [0.15, 0.2) is 0 Å². The minimum atomic E-state index is -3.85. The smallest absolute Gasteiger partial charge is 0.273 e. The number of hydrogen-bond donors (Lipinski definition) is 2. The molecule has 1 aromatic rings. The Labute approximate surface area is 120 Å². The number of carbonyl (C=O) groups excluding carboxylic acids is 2. The molecule has 3 rings (SSSR count). The van der Waals surface area contributed by atoms with E-state index >= 15 is 0 Å². The first-order chi connectivity index (χ1) is 9.46. The van der Waals surface area contributed by atoms with E-state index in [0.29, 0.717) is 12.8 Å². The van der Waals surface area contributed by atoms with Crippen molar-refractivity contribution in [1.82, 2.24) is 10.0 Å². The summed E-state index contributed by atoms with van der Waals surface area (Å²) in [6.07, 6.45) is 3.70. The number of amides is 2. The Bertz CT molecular complexity index is 649. The first-order valence-corrected chi connectivity index (χ1v) is 8.64. The van der Waals surface area contributed by atoms with Gasteiger partial charge < -0.3 is 5.32 Å². The van der Waals surface area contributed by atoms with E-state index in [-0.39, 0.29) is 9.62 Å². The molecule has 2 saturated carbocycles. The Hall–Kier alpha value is -1.41. The van der Waals surface area contributed by atoms with Crippen LogP contribution in [0.25, 0.3) is 0 Å². The van der Waals surface area contributed by atoms with Gasteiger partial charge in [0.1, 0.15) is 9.75 Å². The van der Waals surface area contributed by atoms with Crippen molar-refractivity contribution in [2.75, 3.05) is 0 Å². The highest BCUT2D eigenvalue weighted by atomic mass is 32.2. The van der Waals surface area contributed by atoms with Crippen molar-refractivity contribution in [3.63, 3.8) is 0 Å². The summed E-state index contributed by atoms with van der Waals surface area (Å²) < 4.78 is 26.3. The molecule has 0 aromatic carbocycles. The topological polar surface area (TPSA) is 92.3 Å². The SMILES string of the molecule is O=CNC1(C(=O)NS(=O)(=O)c2cccs2)CC12CCC2. The van der Waals surface area contributed by atoms with Crippen molar-refractivity contribution in [3.8, 4) is 0 Å². The third-order valence-corrected chi connectivity index (χ3v) is 7.10. The number of carbonyl (C=O) groups is 2. The molecule has 2 aliphatic carbocycles. The normalized spacial score (nSPS) is 26.6. The zero-order valence-electron chi connectivity index (χ0n) is 10.6. The van der Waals surface area contributed by atoms with Gasteiger partial charge >= 0.3 is 0 Å². The van der Waals surface area contributed by atoms with Crippen LogP contribution in [0.1, 0.15) is 25.7 Å². The van der Waals surface area contributed by atoms with Crippen LogP contribution in [0.4, 0.5) is 0 Å². The predicted octanol–water partition coefficient (Wildman–Crippen LogP) is 0.612. The van der Waals surface area contributed by atoms with E-state index in [4.69, 9.17) is 0 Å². The summed E-state index contributed by atoms with van der Waals surface area (Å²) in [6, 6.07) is 3.04. The van der Waals surface area contributed by atoms with Crippen LogP contribution >= 0.6 is 11.3 Å². The van der Waals surface area contributed by atoms with E-state index in [1.807, 2.05) is 0 Å². The van der Waals surface area contributed by atoms with Gasteiger partial charge in [-0.1, -0.05) is 12.5 Å². The highest BCUT2D eigenvalue weighted by molar-refractivity contribution is 7.92. The van der Waals surface area contributed by atoms with Crippen molar-refractivity contribution in [3.05, 3.63) is 17.5 Å². The van der Waals surface area contributed by atoms with Crippen LogP contribution in [0.5, 0.6) is 0 Å². The fraction of sp³-hybridized carbons (Fsp3) is 0.500. The maximum Gasteiger partial charge on any atom is 0.273 e. The summed E-state index contributed by atoms with van der Waals surface area (Å²) in [5, 5.41) is 4.17. The minimum absolute atomic E-state index is 0.0930. The molecule has 2 N–H and O–H groups in total. The molecule has 1 spiro atoms. The van der Waals surface area contributed by atoms with Crippen LogP contribution in [0, 0.1) is 5.41 Å². The average molecular weight is 314 g/mol.